The molecule has 0 radical (unpaired) electrons. The van der Waals surface area contributed by atoms with Crippen LogP contribution in [0.25, 0.3) is 0 Å². The van der Waals surface area contributed by atoms with Crippen LogP contribution in [0.2, 0.25) is 0 Å². The first kappa shape index (κ1) is 20.6. The zero-order valence-electron chi connectivity index (χ0n) is 19.8. The minimum absolute atomic E-state index is 0.0903. The predicted octanol–water partition coefficient (Wildman–Crippen LogP) is 7.24. The maximum atomic E-state index is 10.8. The van der Waals surface area contributed by atoms with Crippen molar-refractivity contribution in [3.05, 3.63) is 12.2 Å². The number of aliphatic hydroxyl groups excluding tert-OH is 1. The van der Waals surface area contributed by atoms with E-state index >= 15 is 0 Å². The number of fused-ring (bicyclic) bond motifs is 7. The van der Waals surface area contributed by atoms with Crippen LogP contribution in [0.5, 0.6) is 0 Å². The Morgan fingerprint density at radius 1 is 0.793 bits per heavy atom. The van der Waals surface area contributed by atoms with Crippen molar-refractivity contribution in [2.75, 3.05) is 0 Å². The van der Waals surface area contributed by atoms with Crippen molar-refractivity contribution in [2.45, 2.75) is 105 Å². The van der Waals surface area contributed by atoms with Gasteiger partial charge in [-0.3, -0.25) is 0 Å². The lowest BCUT2D eigenvalue weighted by Crippen LogP contribution is -2.60. The van der Waals surface area contributed by atoms with Gasteiger partial charge in [0.15, 0.2) is 0 Å². The largest absolute Gasteiger partial charge is 0.393 e. The highest BCUT2D eigenvalue weighted by Gasteiger charge is 2.62. The van der Waals surface area contributed by atoms with Gasteiger partial charge in [0, 0.05) is 0 Å². The number of allylic oxidation sites excluding steroid dienone is 1. The van der Waals surface area contributed by atoms with E-state index in [1.165, 1.54) is 57.8 Å². The molecule has 1 nitrogen and oxygen atoms in total. The second-order valence-electron chi connectivity index (χ2n) is 13.4. The Kier molecular flexibility index (Phi) is 4.69. The van der Waals surface area contributed by atoms with Gasteiger partial charge in [-0.05, 0) is 122 Å². The maximum Gasteiger partial charge on any atom is 0.0594 e. The highest BCUT2D eigenvalue weighted by Crippen LogP contribution is 2.69. The second kappa shape index (κ2) is 6.60. The van der Waals surface area contributed by atoms with Crippen LogP contribution in [0.3, 0.4) is 0 Å². The van der Waals surface area contributed by atoms with E-state index in [-0.39, 0.29) is 11.5 Å². The summed E-state index contributed by atoms with van der Waals surface area (Å²) in [5.41, 5.74) is 2.70. The van der Waals surface area contributed by atoms with Gasteiger partial charge in [0.05, 0.1) is 6.10 Å². The van der Waals surface area contributed by atoms with Crippen LogP contribution in [-0.2, 0) is 0 Å². The lowest BCUT2D eigenvalue weighted by atomic mass is 9.39. The summed E-state index contributed by atoms with van der Waals surface area (Å²) in [4.78, 5) is 0. The molecule has 0 heterocycles. The first-order chi connectivity index (χ1) is 13.6. The molecular weight excluding hydrogens is 352 g/mol. The Labute approximate surface area is 180 Å². The normalized spacial score (nSPS) is 56.6. The number of aliphatic hydroxyl groups is 1. The van der Waals surface area contributed by atoms with Crippen LogP contribution >= 0.6 is 0 Å². The molecule has 0 aliphatic heterocycles. The van der Waals surface area contributed by atoms with Crippen LogP contribution in [-0.4, -0.2) is 11.2 Å². The predicted molar refractivity (Wildman–Crippen MR) is 121 cm³/mol. The molecule has 5 aliphatic carbocycles. The summed E-state index contributed by atoms with van der Waals surface area (Å²) in [6.07, 6.45) is 13.6. The van der Waals surface area contributed by atoms with Crippen LogP contribution in [0, 0.1) is 57.7 Å². The van der Waals surface area contributed by atoms with Gasteiger partial charge in [-0.25, -0.2) is 0 Å². The van der Waals surface area contributed by atoms with E-state index in [0.29, 0.717) is 16.7 Å². The van der Waals surface area contributed by atoms with E-state index in [2.05, 4.69) is 34.6 Å². The van der Waals surface area contributed by atoms with E-state index in [0.717, 1.165) is 41.9 Å². The topological polar surface area (TPSA) is 20.2 Å². The summed E-state index contributed by atoms with van der Waals surface area (Å²) in [5, 5.41) is 10.8. The van der Waals surface area contributed by atoms with Crippen LogP contribution in [0.1, 0.15) is 98.8 Å². The first-order valence-electron chi connectivity index (χ1n) is 13.0. The highest BCUT2D eigenvalue weighted by molar-refractivity contribution is 5.20. The van der Waals surface area contributed by atoms with E-state index in [1.54, 1.807) is 5.57 Å². The van der Waals surface area contributed by atoms with Gasteiger partial charge >= 0.3 is 0 Å². The minimum Gasteiger partial charge on any atom is -0.393 e. The van der Waals surface area contributed by atoms with Gasteiger partial charge in [-0.15, -0.1) is 0 Å². The van der Waals surface area contributed by atoms with Crippen LogP contribution in [0.15, 0.2) is 12.2 Å². The summed E-state index contributed by atoms with van der Waals surface area (Å²) in [7, 11) is 0. The summed E-state index contributed by atoms with van der Waals surface area (Å²) < 4.78 is 0. The molecule has 0 spiro atoms. The molecule has 0 aromatic rings. The quantitative estimate of drug-likeness (QED) is 0.426. The Bertz CT molecular complexity index is 678. The van der Waals surface area contributed by atoms with Crippen molar-refractivity contribution in [1.29, 1.82) is 0 Å². The third kappa shape index (κ3) is 2.74. The van der Waals surface area contributed by atoms with Gasteiger partial charge in [-0.1, -0.05) is 46.8 Å². The molecule has 29 heavy (non-hydrogen) atoms. The molecule has 0 amide bonds. The van der Waals surface area contributed by atoms with Crippen molar-refractivity contribution in [3.63, 3.8) is 0 Å². The zero-order valence-corrected chi connectivity index (χ0v) is 19.8. The first-order valence-corrected chi connectivity index (χ1v) is 13.0. The molecule has 5 saturated carbocycles. The molecule has 10 atom stereocenters. The van der Waals surface area contributed by atoms with E-state index < -0.39 is 0 Å². The fourth-order valence-corrected chi connectivity index (χ4v) is 10.3. The summed E-state index contributed by atoms with van der Waals surface area (Å²) in [5.74, 6) is 5.92. The lowest BCUT2D eigenvalue weighted by Gasteiger charge is -2.66. The molecule has 0 saturated heterocycles. The third-order valence-electron chi connectivity index (χ3n) is 12.0. The highest BCUT2D eigenvalue weighted by atomic mass is 16.3. The molecule has 0 aromatic carbocycles. The van der Waals surface area contributed by atoms with Gasteiger partial charge in [0.25, 0.3) is 0 Å². The Morgan fingerprint density at radius 3 is 2.24 bits per heavy atom. The summed E-state index contributed by atoms with van der Waals surface area (Å²) >= 11 is 0. The lowest BCUT2D eigenvalue weighted by molar-refractivity contribution is -0.182. The maximum absolute atomic E-state index is 10.8. The molecule has 10 unspecified atom stereocenters. The Balaban J connectivity index is 1.44. The van der Waals surface area contributed by atoms with Crippen LogP contribution in [0.4, 0.5) is 0 Å². The van der Waals surface area contributed by atoms with Crippen molar-refractivity contribution in [1.82, 2.24) is 0 Å². The van der Waals surface area contributed by atoms with E-state index in [4.69, 9.17) is 6.58 Å². The van der Waals surface area contributed by atoms with Gasteiger partial charge in [0.2, 0.25) is 0 Å². The molecule has 1 heteroatoms. The number of hydrogen-bond acceptors (Lipinski definition) is 1. The van der Waals surface area contributed by atoms with Crippen molar-refractivity contribution in [3.8, 4) is 0 Å². The molecule has 5 aliphatic rings. The summed E-state index contributed by atoms with van der Waals surface area (Å²) in [6.45, 7) is 17.1. The minimum atomic E-state index is -0.101. The number of hydrogen-bond donors (Lipinski definition) is 1. The molecule has 5 fully saturated rings. The fourth-order valence-electron chi connectivity index (χ4n) is 10.3. The van der Waals surface area contributed by atoms with Gasteiger partial charge in [0.1, 0.15) is 0 Å². The molecule has 164 valence electrons. The van der Waals surface area contributed by atoms with Crippen LogP contribution < -0.4 is 0 Å². The smallest absolute Gasteiger partial charge is 0.0594 e. The fraction of sp³-hybridized carbons (Fsp3) is 0.929. The Hall–Kier alpha value is -0.300. The molecule has 5 rings (SSSR count). The van der Waals surface area contributed by atoms with E-state index in [1.807, 2.05) is 0 Å². The van der Waals surface area contributed by atoms with E-state index in [9.17, 15) is 5.11 Å². The standard InChI is InChI=1S/C28H46O/c1-17-11-14-27(5)15-12-19-20-8-10-23-26(3,4)24(29)13-16-28(23,6)22(20)9-7-21(19)25(27)18(17)2/h17,19-25,29H,2,7-16H2,1,3-6H3. The third-order valence-corrected chi connectivity index (χ3v) is 12.0. The number of rotatable bonds is 0. The van der Waals surface area contributed by atoms with Gasteiger partial charge < -0.3 is 5.11 Å². The SMILES string of the molecule is C=C1C(C)CCC2(C)CCC3C(CCC4C3CCC3C(C)(C)C(O)CCC43C)C12. The molecule has 0 aromatic heterocycles. The monoisotopic (exact) mass is 398 g/mol. The van der Waals surface area contributed by atoms with Crippen molar-refractivity contribution < 1.29 is 5.11 Å². The Morgan fingerprint density at radius 2 is 1.48 bits per heavy atom. The molecular formula is C28H46O. The van der Waals surface area contributed by atoms with Crippen molar-refractivity contribution >= 4 is 0 Å². The zero-order chi connectivity index (χ0) is 20.8. The average molecular weight is 399 g/mol. The molecule has 1 N–H and O–H groups in total. The average Bonchev–Trinajstić information content (AvgIpc) is 2.67. The van der Waals surface area contributed by atoms with Crippen molar-refractivity contribution in [2.24, 2.45) is 57.7 Å². The molecule has 0 bridgehead atoms. The van der Waals surface area contributed by atoms with Gasteiger partial charge in [-0.2, -0.15) is 0 Å². The second-order valence-corrected chi connectivity index (χ2v) is 13.4. The summed E-state index contributed by atoms with van der Waals surface area (Å²) in [6, 6.07) is 0.